The number of rotatable bonds is 7. The van der Waals surface area contributed by atoms with E-state index in [4.69, 9.17) is 13.9 Å². The Bertz CT molecular complexity index is 1430. The van der Waals surface area contributed by atoms with Gasteiger partial charge in [0.25, 0.3) is 0 Å². The van der Waals surface area contributed by atoms with Gasteiger partial charge in [0, 0.05) is 52.0 Å². The van der Waals surface area contributed by atoms with E-state index in [0.717, 1.165) is 24.3 Å². The van der Waals surface area contributed by atoms with Crippen LogP contribution in [0, 0.1) is 11.3 Å². The molecule has 0 atom stereocenters. The molecule has 4 heterocycles. The summed E-state index contributed by atoms with van der Waals surface area (Å²) in [5, 5.41) is 22.9. The normalized spacial score (nSPS) is 13.0. The number of pyridine rings is 1. The predicted octanol–water partition coefficient (Wildman–Crippen LogP) is 1.49. The number of carboxylic acids is 1. The molecule has 0 unspecified atom stereocenters. The summed E-state index contributed by atoms with van der Waals surface area (Å²) in [6.07, 6.45) is 3.08. The summed E-state index contributed by atoms with van der Waals surface area (Å²) in [7, 11) is 0. The topological polar surface area (TPSA) is 112 Å². The number of morpholine rings is 1. The molecule has 8 nitrogen and oxygen atoms in total. The van der Waals surface area contributed by atoms with Crippen LogP contribution in [0.2, 0.25) is 0 Å². The Morgan fingerprint density at radius 3 is 2.62 bits per heavy atom. The molecular formula is C26H19BrN3NaO5S. The van der Waals surface area contributed by atoms with Crippen molar-refractivity contribution in [2.24, 2.45) is 0 Å². The molecule has 0 spiro atoms. The van der Waals surface area contributed by atoms with Crippen LogP contribution in [-0.2, 0) is 11.3 Å². The van der Waals surface area contributed by atoms with Crippen molar-refractivity contribution in [3.63, 3.8) is 0 Å². The molecular weight excluding hydrogens is 569 g/mol. The molecule has 37 heavy (non-hydrogen) atoms. The van der Waals surface area contributed by atoms with Gasteiger partial charge in [-0.3, -0.25) is 0 Å². The standard InChI is InChI=1S/C26H20BrN3O5S.Na/c27-24-21(22(15-36-24)26(31)32)14-35-25-20(12-28)19(17-5-8-34-13-17)11-23(29-25)16-1-3-18(4-2-16)30-6-9-33-10-7-30;/h1-5,8,11,13,15H,6-7,9-10,14H2,(H,31,32);/q;+1/p-1. The van der Waals surface area contributed by atoms with Crippen LogP contribution in [-0.4, -0.2) is 37.3 Å². The molecule has 11 heteroatoms. The van der Waals surface area contributed by atoms with Gasteiger partial charge in [0.15, 0.2) is 0 Å². The molecule has 0 bridgehead atoms. The van der Waals surface area contributed by atoms with Gasteiger partial charge in [-0.25, -0.2) is 4.98 Å². The summed E-state index contributed by atoms with van der Waals surface area (Å²) < 4.78 is 17.3. The first-order valence-electron chi connectivity index (χ1n) is 11.1. The van der Waals surface area contributed by atoms with Gasteiger partial charge in [0.2, 0.25) is 5.88 Å². The second-order valence-electron chi connectivity index (χ2n) is 7.98. The number of furan rings is 1. The number of carboxylic acid groups (broad SMARTS) is 1. The number of hydrogen-bond donors (Lipinski definition) is 0. The van der Waals surface area contributed by atoms with Crippen molar-refractivity contribution >= 4 is 38.9 Å². The average Bonchev–Trinajstić information content (AvgIpc) is 3.57. The average molecular weight is 588 g/mol. The van der Waals surface area contributed by atoms with Crippen LogP contribution in [0.1, 0.15) is 21.5 Å². The number of anilines is 1. The maximum Gasteiger partial charge on any atom is 1.00 e. The molecule has 0 aliphatic carbocycles. The van der Waals surface area contributed by atoms with Gasteiger partial charge < -0.3 is 28.7 Å². The zero-order valence-electron chi connectivity index (χ0n) is 19.9. The van der Waals surface area contributed by atoms with E-state index in [0.29, 0.717) is 39.4 Å². The second kappa shape index (κ2) is 12.3. The fourth-order valence-electron chi connectivity index (χ4n) is 4.00. The van der Waals surface area contributed by atoms with Crippen molar-refractivity contribution in [1.82, 2.24) is 4.98 Å². The van der Waals surface area contributed by atoms with Crippen molar-refractivity contribution < 1.29 is 53.3 Å². The molecule has 0 N–H and O–H groups in total. The van der Waals surface area contributed by atoms with Crippen LogP contribution < -0.4 is 44.3 Å². The van der Waals surface area contributed by atoms with E-state index in [1.54, 1.807) is 12.3 Å². The molecule has 1 aliphatic rings. The van der Waals surface area contributed by atoms with Crippen LogP contribution in [0.3, 0.4) is 0 Å². The van der Waals surface area contributed by atoms with Gasteiger partial charge in [-0.05, 0) is 40.2 Å². The Balaban J connectivity index is 0.00000320. The third-order valence-corrected chi connectivity index (χ3v) is 7.73. The van der Waals surface area contributed by atoms with E-state index >= 15 is 0 Å². The summed E-state index contributed by atoms with van der Waals surface area (Å²) in [5.74, 6) is -1.19. The van der Waals surface area contributed by atoms with Gasteiger partial charge in [-0.2, -0.15) is 5.26 Å². The van der Waals surface area contributed by atoms with E-state index in [1.165, 1.54) is 23.0 Å². The number of benzene rings is 1. The van der Waals surface area contributed by atoms with Crippen molar-refractivity contribution in [2.45, 2.75) is 6.61 Å². The molecule has 4 aromatic rings. The van der Waals surface area contributed by atoms with Crippen molar-refractivity contribution in [2.75, 3.05) is 31.2 Å². The Kier molecular flexibility index (Phi) is 9.08. The monoisotopic (exact) mass is 587 g/mol. The largest absolute Gasteiger partial charge is 1.00 e. The minimum absolute atomic E-state index is 0. The molecule has 1 aliphatic heterocycles. The third kappa shape index (κ3) is 5.93. The summed E-state index contributed by atoms with van der Waals surface area (Å²) in [5.41, 5.74) is 4.55. The van der Waals surface area contributed by atoms with E-state index in [2.05, 4.69) is 31.9 Å². The number of carbonyl (C=O) groups is 1. The first kappa shape index (κ1) is 27.4. The number of halogens is 1. The molecule has 0 saturated carbocycles. The third-order valence-electron chi connectivity index (χ3n) is 5.89. The fourth-order valence-corrected chi connectivity index (χ4v) is 5.38. The van der Waals surface area contributed by atoms with Crippen LogP contribution in [0.25, 0.3) is 22.4 Å². The Morgan fingerprint density at radius 1 is 1.22 bits per heavy atom. The maximum atomic E-state index is 11.5. The van der Waals surface area contributed by atoms with Crippen LogP contribution in [0.15, 0.2) is 62.5 Å². The zero-order chi connectivity index (χ0) is 25.1. The summed E-state index contributed by atoms with van der Waals surface area (Å²) in [6, 6.07) is 13.8. The SMILES string of the molecule is N#Cc1c(-c2ccoc2)cc(-c2ccc(N3CCOCC3)cc2)nc1OCc1c(C(=O)[O-])csc1Br.[Na+]. The number of nitrogens with zero attached hydrogens (tertiary/aromatic N) is 3. The van der Waals surface area contributed by atoms with Gasteiger partial charge >= 0.3 is 29.6 Å². The first-order valence-corrected chi connectivity index (χ1v) is 12.7. The number of aromatic carboxylic acids is 1. The molecule has 0 amide bonds. The molecule has 3 aromatic heterocycles. The molecule has 5 rings (SSSR count). The first-order chi connectivity index (χ1) is 17.5. The van der Waals surface area contributed by atoms with E-state index in [1.807, 2.05) is 30.3 Å². The summed E-state index contributed by atoms with van der Waals surface area (Å²) >= 11 is 4.59. The predicted molar refractivity (Wildman–Crippen MR) is 136 cm³/mol. The fraction of sp³-hybridized carbons (Fsp3) is 0.192. The van der Waals surface area contributed by atoms with Gasteiger partial charge in [-0.1, -0.05) is 12.1 Å². The molecule has 182 valence electrons. The number of nitriles is 1. The quantitative estimate of drug-likeness (QED) is 0.299. The Labute approximate surface area is 247 Å². The smallest absolute Gasteiger partial charge is 0.545 e. The number of thiophene rings is 1. The summed E-state index contributed by atoms with van der Waals surface area (Å²) in [4.78, 5) is 18.4. The Morgan fingerprint density at radius 2 is 1.97 bits per heavy atom. The van der Waals surface area contributed by atoms with Gasteiger partial charge in [0.05, 0.1) is 41.2 Å². The second-order valence-corrected chi connectivity index (χ2v) is 10.2. The molecule has 0 radical (unpaired) electrons. The van der Waals surface area contributed by atoms with E-state index in [-0.39, 0.29) is 53.2 Å². The van der Waals surface area contributed by atoms with Crippen molar-refractivity contribution in [3.8, 4) is 34.3 Å². The van der Waals surface area contributed by atoms with Crippen molar-refractivity contribution in [1.29, 1.82) is 5.26 Å². The zero-order valence-corrected chi connectivity index (χ0v) is 24.3. The summed E-state index contributed by atoms with van der Waals surface area (Å²) in [6.45, 7) is 2.98. The molecule has 1 fully saturated rings. The van der Waals surface area contributed by atoms with Gasteiger partial charge in [-0.15, -0.1) is 11.3 Å². The maximum absolute atomic E-state index is 11.5. The van der Waals surface area contributed by atoms with Crippen LogP contribution in [0.5, 0.6) is 5.88 Å². The number of hydrogen-bond acceptors (Lipinski definition) is 9. The minimum Gasteiger partial charge on any atom is -0.545 e. The van der Waals surface area contributed by atoms with E-state index in [9.17, 15) is 15.2 Å². The number of ether oxygens (including phenoxy) is 2. The minimum atomic E-state index is -1.29. The Hall–Kier alpha value is -2.65. The van der Waals surface area contributed by atoms with Crippen molar-refractivity contribution in [3.05, 3.63) is 74.8 Å². The van der Waals surface area contributed by atoms with Gasteiger partial charge in [0.1, 0.15) is 18.2 Å². The number of carbonyl (C=O) groups excluding carboxylic acids is 1. The van der Waals surface area contributed by atoms with Crippen LogP contribution >= 0.6 is 27.3 Å². The van der Waals surface area contributed by atoms with E-state index < -0.39 is 5.97 Å². The number of aromatic nitrogens is 1. The molecule has 1 aromatic carbocycles. The van der Waals surface area contributed by atoms with Crippen LogP contribution in [0.4, 0.5) is 5.69 Å². The molecule has 1 saturated heterocycles.